The van der Waals surface area contributed by atoms with E-state index in [1.54, 1.807) is 0 Å². The number of aromatic nitrogens is 2. The molecule has 6 heteroatoms. The monoisotopic (exact) mass is 268 g/mol. The molecule has 18 heavy (non-hydrogen) atoms. The predicted molar refractivity (Wildman–Crippen MR) is 71.9 cm³/mol. The zero-order valence-corrected chi connectivity index (χ0v) is 11.8. The fraction of sp³-hybridized carbons (Fsp3) is 0.750. The molecule has 1 aliphatic heterocycles. The van der Waals surface area contributed by atoms with Gasteiger partial charge in [0.1, 0.15) is 4.88 Å². The summed E-state index contributed by atoms with van der Waals surface area (Å²) in [5, 5.41) is 7.35. The van der Waals surface area contributed by atoms with Gasteiger partial charge in [-0.3, -0.25) is 4.79 Å². The van der Waals surface area contributed by atoms with Gasteiger partial charge in [-0.25, -0.2) is 0 Å². The van der Waals surface area contributed by atoms with Gasteiger partial charge in [0, 0.05) is 19.1 Å². The van der Waals surface area contributed by atoms with Crippen molar-refractivity contribution in [1.82, 2.24) is 19.8 Å². The van der Waals surface area contributed by atoms with Crippen LogP contribution in [0.1, 0.15) is 42.1 Å². The van der Waals surface area contributed by atoms with Gasteiger partial charge >= 0.3 is 0 Å². The summed E-state index contributed by atoms with van der Waals surface area (Å²) in [5.41, 5.74) is 0.831. The Morgan fingerprint density at radius 3 is 3.00 bits per heavy atom. The van der Waals surface area contributed by atoms with Crippen molar-refractivity contribution in [3.63, 3.8) is 0 Å². The van der Waals surface area contributed by atoms with Gasteiger partial charge in [0.25, 0.3) is 5.91 Å². The lowest BCUT2D eigenvalue weighted by Crippen LogP contribution is -2.42. The van der Waals surface area contributed by atoms with E-state index in [-0.39, 0.29) is 5.91 Å². The normalized spacial score (nSPS) is 19.1. The van der Waals surface area contributed by atoms with Gasteiger partial charge in [0.2, 0.25) is 0 Å². The highest BCUT2D eigenvalue weighted by Gasteiger charge is 2.29. The predicted octanol–water partition coefficient (Wildman–Crippen LogP) is 1.31. The van der Waals surface area contributed by atoms with Crippen LogP contribution in [-0.2, 0) is 6.42 Å². The average Bonchev–Trinajstić information content (AvgIpc) is 3.05. The van der Waals surface area contributed by atoms with Crippen molar-refractivity contribution in [3.05, 3.63) is 10.6 Å². The number of nitrogens with zero attached hydrogens (tertiary/aromatic N) is 3. The average molecular weight is 268 g/mol. The van der Waals surface area contributed by atoms with E-state index in [0.29, 0.717) is 6.04 Å². The first-order valence-electron chi connectivity index (χ1n) is 6.60. The van der Waals surface area contributed by atoms with E-state index in [2.05, 4.69) is 21.8 Å². The highest BCUT2D eigenvalue weighted by molar-refractivity contribution is 7.08. The van der Waals surface area contributed by atoms with Crippen molar-refractivity contribution in [2.24, 2.45) is 0 Å². The summed E-state index contributed by atoms with van der Waals surface area (Å²) in [6.07, 6.45) is 2.79. The number of carbonyl (C=O) groups is 1. The molecule has 1 aromatic heterocycles. The number of aryl methyl sites for hydroxylation is 1. The first kappa shape index (κ1) is 13.4. The highest BCUT2D eigenvalue weighted by atomic mass is 32.1. The molecule has 5 nitrogen and oxygen atoms in total. The summed E-state index contributed by atoms with van der Waals surface area (Å²) in [4.78, 5) is 15.3. The van der Waals surface area contributed by atoms with Crippen LogP contribution < -0.4 is 5.32 Å². The largest absolute Gasteiger partial charge is 0.334 e. The van der Waals surface area contributed by atoms with Gasteiger partial charge in [-0.05, 0) is 37.3 Å². The molecule has 0 saturated carbocycles. The second-order valence-corrected chi connectivity index (χ2v) is 5.30. The molecule has 1 fully saturated rings. The zero-order chi connectivity index (χ0) is 13.0. The van der Waals surface area contributed by atoms with E-state index in [9.17, 15) is 4.79 Å². The van der Waals surface area contributed by atoms with Gasteiger partial charge in [-0.2, -0.15) is 0 Å². The fourth-order valence-electron chi connectivity index (χ4n) is 2.33. The Morgan fingerprint density at radius 1 is 1.56 bits per heavy atom. The molecular weight excluding hydrogens is 248 g/mol. The SMILES string of the molecule is CCCN(C(=O)c1snnc1CC)C1CCNC1. The quantitative estimate of drug-likeness (QED) is 0.875. The standard InChI is InChI=1S/C12H20N4OS/c1-3-7-16(9-5-6-13-8-9)12(17)11-10(4-2)14-15-18-11/h9,13H,3-8H2,1-2H3. The summed E-state index contributed by atoms with van der Waals surface area (Å²) >= 11 is 1.22. The lowest BCUT2D eigenvalue weighted by molar-refractivity contribution is 0.0696. The molecule has 2 rings (SSSR count). The van der Waals surface area contributed by atoms with E-state index in [0.717, 1.165) is 49.5 Å². The smallest absolute Gasteiger partial charge is 0.267 e. The first-order chi connectivity index (χ1) is 8.77. The molecule has 1 aromatic rings. The van der Waals surface area contributed by atoms with Crippen LogP contribution in [-0.4, -0.2) is 46.1 Å². The molecule has 1 amide bonds. The molecular formula is C12H20N4OS. The van der Waals surface area contributed by atoms with Crippen molar-refractivity contribution in [1.29, 1.82) is 0 Å². The van der Waals surface area contributed by atoms with Crippen molar-refractivity contribution < 1.29 is 4.79 Å². The Hall–Kier alpha value is -1.01. The molecule has 1 aliphatic rings. The van der Waals surface area contributed by atoms with Crippen LogP contribution in [0, 0.1) is 0 Å². The maximum absolute atomic E-state index is 12.6. The lowest BCUT2D eigenvalue weighted by Gasteiger charge is -2.27. The third-order valence-corrected chi connectivity index (χ3v) is 4.04. The van der Waals surface area contributed by atoms with Gasteiger partial charge in [-0.1, -0.05) is 18.3 Å². The van der Waals surface area contributed by atoms with Crippen LogP contribution in [0.3, 0.4) is 0 Å². The third-order valence-electron chi connectivity index (χ3n) is 3.29. The number of hydrogen-bond donors (Lipinski definition) is 1. The van der Waals surface area contributed by atoms with Crippen LogP contribution in [0.5, 0.6) is 0 Å². The topological polar surface area (TPSA) is 58.1 Å². The second kappa shape index (κ2) is 6.24. The lowest BCUT2D eigenvalue weighted by atomic mass is 10.2. The molecule has 2 heterocycles. The van der Waals surface area contributed by atoms with Crippen molar-refractivity contribution in [3.8, 4) is 0 Å². The fourth-order valence-corrected chi connectivity index (χ4v) is 3.04. The minimum atomic E-state index is 0.109. The second-order valence-electron chi connectivity index (χ2n) is 4.55. The van der Waals surface area contributed by atoms with Crippen LogP contribution in [0.15, 0.2) is 0 Å². The van der Waals surface area contributed by atoms with Crippen molar-refractivity contribution >= 4 is 17.4 Å². The third kappa shape index (κ3) is 2.70. The summed E-state index contributed by atoms with van der Waals surface area (Å²) < 4.78 is 3.91. The zero-order valence-electron chi connectivity index (χ0n) is 11.0. The number of carbonyl (C=O) groups excluding carboxylic acids is 1. The van der Waals surface area contributed by atoms with Crippen molar-refractivity contribution in [2.75, 3.05) is 19.6 Å². The minimum Gasteiger partial charge on any atom is -0.334 e. The van der Waals surface area contributed by atoms with Gasteiger partial charge in [0.05, 0.1) is 5.69 Å². The molecule has 0 radical (unpaired) electrons. The van der Waals surface area contributed by atoms with Crippen LogP contribution in [0.25, 0.3) is 0 Å². The number of hydrogen-bond acceptors (Lipinski definition) is 5. The Morgan fingerprint density at radius 2 is 2.39 bits per heavy atom. The summed E-state index contributed by atoms with van der Waals surface area (Å²) in [5.74, 6) is 0.109. The number of amides is 1. The van der Waals surface area contributed by atoms with Gasteiger partial charge < -0.3 is 10.2 Å². The first-order valence-corrected chi connectivity index (χ1v) is 7.38. The van der Waals surface area contributed by atoms with Gasteiger partial charge in [-0.15, -0.1) is 5.10 Å². The van der Waals surface area contributed by atoms with Crippen LogP contribution >= 0.6 is 11.5 Å². The number of rotatable bonds is 5. The van der Waals surface area contributed by atoms with E-state index in [1.165, 1.54) is 11.5 Å². The van der Waals surface area contributed by atoms with E-state index < -0.39 is 0 Å². The van der Waals surface area contributed by atoms with E-state index in [1.807, 2.05) is 11.8 Å². The molecule has 1 saturated heterocycles. The summed E-state index contributed by atoms with van der Waals surface area (Å²) in [7, 11) is 0. The Kier molecular flexibility index (Phi) is 4.66. The molecule has 1 unspecified atom stereocenters. The summed E-state index contributed by atoms with van der Waals surface area (Å²) in [6.45, 7) is 6.83. The van der Waals surface area contributed by atoms with Crippen LogP contribution in [0.4, 0.5) is 0 Å². The molecule has 1 N–H and O–H groups in total. The number of nitrogens with one attached hydrogen (secondary N) is 1. The molecule has 0 aliphatic carbocycles. The van der Waals surface area contributed by atoms with E-state index >= 15 is 0 Å². The highest BCUT2D eigenvalue weighted by Crippen LogP contribution is 2.18. The Bertz CT molecular complexity index is 401. The summed E-state index contributed by atoms with van der Waals surface area (Å²) in [6, 6.07) is 0.323. The minimum absolute atomic E-state index is 0.109. The van der Waals surface area contributed by atoms with Crippen molar-refractivity contribution in [2.45, 2.75) is 39.2 Å². The molecule has 0 spiro atoms. The molecule has 100 valence electrons. The Labute approximate surface area is 112 Å². The molecule has 0 bridgehead atoms. The van der Waals surface area contributed by atoms with Crippen LogP contribution in [0.2, 0.25) is 0 Å². The molecule has 1 atom stereocenters. The van der Waals surface area contributed by atoms with E-state index in [4.69, 9.17) is 0 Å². The maximum Gasteiger partial charge on any atom is 0.267 e. The van der Waals surface area contributed by atoms with Gasteiger partial charge in [0.15, 0.2) is 0 Å². The Balaban J connectivity index is 2.17. The molecule has 0 aromatic carbocycles. The maximum atomic E-state index is 12.6.